The zero-order chi connectivity index (χ0) is 27.8. The fourth-order valence-electron chi connectivity index (χ4n) is 6.64. The highest BCUT2D eigenvalue weighted by Gasteiger charge is 2.44. The Labute approximate surface area is 245 Å². The monoisotopic (exact) mass is 559 g/mol. The summed E-state index contributed by atoms with van der Waals surface area (Å²) in [5, 5.41) is 0.905. The van der Waals surface area contributed by atoms with Crippen molar-refractivity contribution in [1.82, 2.24) is 0 Å². The third kappa shape index (κ3) is 4.96. The fraction of sp³-hybridized carbons (Fsp3) is 0.400. The SMILES string of the molecule is CCC[N+]1=C(/C=C/C2=C(Cl)C(=C/C=C3\N(CCCl)c4ccccc4C3(C)C)/CCC2)C(C)(C)c2ccccc21. The fourth-order valence-corrected chi connectivity index (χ4v) is 7.12. The average Bonchev–Trinajstić information content (AvgIpc) is 3.27. The molecule has 2 aromatic rings. The maximum Gasteiger partial charge on any atom is 0.209 e. The minimum atomic E-state index is -0.0876. The molecular formula is C35H41Cl2N2+. The van der Waals surface area contributed by atoms with Crippen LogP contribution in [0.25, 0.3) is 0 Å². The highest BCUT2D eigenvalue weighted by molar-refractivity contribution is 6.32. The van der Waals surface area contributed by atoms with Crippen LogP contribution in [0.15, 0.2) is 94.7 Å². The first-order valence-electron chi connectivity index (χ1n) is 14.4. The highest BCUT2D eigenvalue weighted by atomic mass is 35.5. The Morgan fingerprint density at radius 2 is 1.62 bits per heavy atom. The molecule has 0 N–H and O–H groups in total. The molecule has 4 heteroatoms. The summed E-state index contributed by atoms with van der Waals surface area (Å²) in [6.45, 7) is 13.3. The van der Waals surface area contributed by atoms with Gasteiger partial charge in [-0.3, -0.25) is 0 Å². The number of para-hydroxylation sites is 2. The quantitative estimate of drug-likeness (QED) is 0.241. The lowest BCUT2D eigenvalue weighted by Crippen LogP contribution is -2.28. The van der Waals surface area contributed by atoms with E-state index in [-0.39, 0.29) is 10.8 Å². The highest BCUT2D eigenvalue weighted by Crippen LogP contribution is 2.48. The van der Waals surface area contributed by atoms with E-state index in [9.17, 15) is 0 Å². The standard InChI is InChI=1S/C35H41Cl2N2/c1-6-23-38-29-16-9-7-14-27(29)34(2,3)31(38)20-18-25-12-11-13-26(33(25)37)19-21-32-35(4,5)28-15-8-10-17-30(28)39(32)24-22-36/h7-10,14-21H,6,11-13,22-24H2,1-5H3/q+1. The zero-order valence-corrected chi connectivity index (χ0v) is 25.5. The van der Waals surface area contributed by atoms with E-state index in [0.717, 1.165) is 43.8 Å². The molecule has 0 saturated carbocycles. The number of benzene rings is 2. The second kappa shape index (κ2) is 11.1. The lowest BCUT2D eigenvalue weighted by molar-refractivity contribution is -0.437. The maximum atomic E-state index is 7.11. The molecule has 0 aromatic heterocycles. The first-order valence-corrected chi connectivity index (χ1v) is 15.3. The Balaban J connectivity index is 1.49. The van der Waals surface area contributed by atoms with Gasteiger partial charge in [0.05, 0.1) is 5.41 Å². The average molecular weight is 561 g/mol. The third-order valence-corrected chi connectivity index (χ3v) is 9.35. The van der Waals surface area contributed by atoms with Crippen LogP contribution in [0.4, 0.5) is 11.4 Å². The number of anilines is 1. The smallest absolute Gasteiger partial charge is 0.209 e. The van der Waals surface area contributed by atoms with Gasteiger partial charge in [-0.15, -0.1) is 11.6 Å². The lowest BCUT2D eigenvalue weighted by Gasteiger charge is -2.26. The van der Waals surface area contributed by atoms with Gasteiger partial charge in [0.25, 0.3) is 0 Å². The van der Waals surface area contributed by atoms with Crippen molar-refractivity contribution >= 4 is 40.3 Å². The molecular weight excluding hydrogens is 519 g/mol. The minimum Gasteiger partial charge on any atom is -0.343 e. The summed E-state index contributed by atoms with van der Waals surface area (Å²) in [6, 6.07) is 17.5. The Morgan fingerprint density at radius 3 is 2.36 bits per heavy atom. The Kier molecular flexibility index (Phi) is 8.00. The van der Waals surface area contributed by atoms with Gasteiger partial charge in [0.1, 0.15) is 6.54 Å². The number of alkyl halides is 1. The third-order valence-electron chi connectivity index (χ3n) is 8.69. The second-order valence-electron chi connectivity index (χ2n) is 11.9. The summed E-state index contributed by atoms with van der Waals surface area (Å²) in [6.07, 6.45) is 13.4. The van der Waals surface area contributed by atoms with Crippen LogP contribution < -0.4 is 4.90 Å². The molecule has 0 atom stereocenters. The molecule has 2 heterocycles. The number of allylic oxidation sites excluding steroid dienone is 8. The molecule has 0 unspecified atom stereocenters. The van der Waals surface area contributed by atoms with Crippen LogP contribution in [0.1, 0.15) is 71.4 Å². The van der Waals surface area contributed by atoms with Crippen molar-refractivity contribution in [2.75, 3.05) is 23.9 Å². The summed E-state index contributed by atoms with van der Waals surface area (Å²) in [7, 11) is 0. The number of fused-ring (bicyclic) bond motifs is 2. The molecule has 5 rings (SSSR count). The van der Waals surface area contributed by atoms with Gasteiger partial charge in [0.15, 0.2) is 5.71 Å². The van der Waals surface area contributed by atoms with Crippen molar-refractivity contribution < 1.29 is 4.58 Å². The van der Waals surface area contributed by atoms with Gasteiger partial charge >= 0.3 is 0 Å². The Hall–Kier alpha value is -2.55. The number of rotatable bonds is 7. The molecule has 2 nitrogen and oxygen atoms in total. The van der Waals surface area contributed by atoms with E-state index < -0.39 is 0 Å². The first-order chi connectivity index (χ1) is 18.7. The Bertz CT molecular complexity index is 1420. The molecule has 3 aliphatic rings. The van der Waals surface area contributed by atoms with Crippen molar-refractivity contribution in [2.24, 2.45) is 0 Å². The molecule has 2 aliphatic heterocycles. The van der Waals surface area contributed by atoms with Crippen molar-refractivity contribution in [1.29, 1.82) is 0 Å². The molecule has 0 spiro atoms. The summed E-state index contributed by atoms with van der Waals surface area (Å²) in [4.78, 5) is 2.37. The van der Waals surface area contributed by atoms with Gasteiger partial charge in [-0.1, -0.05) is 80.9 Å². The normalized spacial score (nSPS) is 22.0. The van der Waals surface area contributed by atoms with Crippen molar-refractivity contribution in [3.8, 4) is 0 Å². The van der Waals surface area contributed by atoms with E-state index in [2.05, 4.69) is 117 Å². The van der Waals surface area contributed by atoms with E-state index in [0.29, 0.717) is 5.88 Å². The van der Waals surface area contributed by atoms with Crippen LogP contribution in [0.5, 0.6) is 0 Å². The van der Waals surface area contributed by atoms with Gasteiger partial charge in [0, 0.05) is 58.4 Å². The van der Waals surface area contributed by atoms with E-state index in [1.807, 2.05) is 0 Å². The van der Waals surface area contributed by atoms with E-state index in [1.165, 1.54) is 45.1 Å². The van der Waals surface area contributed by atoms with E-state index in [4.69, 9.17) is 23.2 Å². The topological polar surface area (TPSA) is 6.25 Å². The predicted octanol–water partition coefficient (Wildman–Crippen LogP) is 9.55. The van der Waals surface area contributed by atoms with Crippen LogP contribution in [-0.4, -0.2) is 29.3 Å². The summed E-state index contributed by atoms with van der Waals surface area (Å²) in [5.41, 5.74) is 10.3. The molecule has 0 amide bonds. The number of halogens is 2. The lowest BCUT2D eigenvalue weighted by atomic mass is 9.81. The van der Waals surface area contributed by atoms with Gasteiger partial charge in [0.2, 0.25) is 5.69 Å². The number of nitrogens with zero attached hydrogens (tertiary/aromatic N) is 2. The van der Waals surface area contributed by atoms with Crippen LogP contribution in [-0.2, 0) is 10.8 Å². The largest absolute Gasteiger partial charge is 0.343 e. The van der Waals surface area contributed by atoms with E-state index in [1.54, 1.807) is 0 Å². The van der Waals surface area contributed by atoms with Crippen LogP contribution in [0.2, 0.25) is 0 Å². The van der Waals surface area contributed by atoms with Crippen LogP contribution in [0.3, 0.4) is 0 Å². The molecule has 204 valence electrons. The van der Waals surface area contributed by atoms with Crippen molar-refractivity contribution in [3.63, 3.8) is 0 Å². The molecule has 2 aromatic carbocycles. The Morgan fingerprint density at radius 1 is 0.897 bits per heavy atom. The number of hydrogen-bond acceptors (Lipinski definition) is 1. The van der Waals surface area contributed by atoms with Crippen molar-refractivity contribution in [3.05, 3.63) is 106 Å². The van der Waals surface area contributed by atoms with Crippen molar-refractivity contribution in [2.45, 2.75) is 71.1 Å². The zero-order valence-electron chi connectivity index (χ0n) is 24.0. The summed E-state index contributed by atoms with van der Waals surface area (Å²) >= 11 is 13.3. The van der Waals surface area contributed by atoms with E-state index >= 15 is 0 Å². The molecule has 1 aliphatic carbocycles. The summed E-state index contributed by atoms with van der Waals surface area (Å²) in [5.74, 6) is 0.585. The maximum absolute atomic E-state index is 7.11. The molecule has 0 saturated heterocycles. The second-order valence-corrected chi connectivity index (χ2v) is 12.7. The van der Waals surface area contributed by atoms with Crippen LogP contribution >= 0.6 is 23.2 Å². The van der Waals surface area contributed by atoms with Gasteiger partial charge in [-0.05, 0) is 62.0 Å². The van der Waals surface area contributed by atoms with Gasteiger partial charge < -0.3 is 4.90 Å². The first kappa shape index (κ1) is 28.0. The minimum absolute atomic E-state index is 0.0397. The molecule has 0 bridgehead atoms. The van der Waals surface area contributed by atoms with Gasteiger partial charge in [-0.2, -0.15) is 4.58 Å². The number of hydrogen-bond donors (Lipinski definition) is 0. The molecule has 39 heavy (non-hydrogen) atoms. The van der Waals surface area contributed by atoms with Gasteiger partial charge in [-0.25, -0.2) is 0 Å². The molecule has 0 fully saturated rings. The molecule has 0 radical (unpaired) electrons. The summed E-state index contributed by atoms with van der Waals surface area (Å²) < 4.78 is 2.50. The van der Waals surface area contributed by atoms with Crippen LogP contribution in [0, 0.1) is 0 Å². The predicted molar refractivity (Wildman–Crippen MR) is 169 cm³/mol.